The molecule has 26 heavy (non-hydrogen) atoms. The van der Waals surface area contributed by atoms with Gasteiger partial charge < -0.3 is 4.74 Å². The summed E-state index contributed by atoms with van der Waals surface area (Å²) in [6, 6.07) is 14.6. The number of thiazole rings is 1. The van der Waals surface area contributed by atoms with E-state index < -0.39 is 5.97 Å². The Bertz CT molecular complexity index is 993. The summed E-state index contributed by atoms with van der Waals surface area (Å²) in [6.45, 7) is 0. The predicted molar refractivity (Wildman–Crippen MR) is 101 cm³/mol. The highest BCUT2D eigenvalue weighted by molar-refractivity contribution is 7.16. The van der Waals surface area contributed by atoms with Crippen molar-refractivity contribution < 1.29 is 14.3 Å². The molecule has 6 heteroatoms. The first-order valence-corrected chi connectivity index (χ1v) is 9.05. The van der Waals surface area contributed by atoms with E-state index in [1.807, 2.05) is 12.1 Å². The SMILES string of the molecule is COC(=O)c1ccc(C(=O)Nc2nc3c(s2)CCc2ccccc2-3)cc1. The summed E-state index contributed by atoms with van der Waals surface area (Å²) in [5, 5.41) is 3.45. The van der Waals surface area contributed by atoms with Crippen molar-refractivity contribution in [2.75, 3.05) is 12.4 Å². The number of aromatic nitrogens is 1. The molecule has 1 heterocycles. The molecular weight excluding hydrogens is 348 g/mol. The van der Waals surface area contributed by atoms with Gasteiger partial charge in [0.25, 0.3) is 5.91 Å². The minimum Gasteiger partial charge on any atom is -0.465 e. The van der Waals surface area contributed by atoms with Crippen LogP contribution in [0.2, 0.25) is 0 Å². The summed E-state index contributed by atoms with van der Waals surface area (Å²) in [6.07, 6.45) is 1.93. The molecule has 1 N–H and O–H groups in total. The number of nitrogens with one attached hydrogen (secondary N) is 1. The number of hydrogen-bond donors (Lipinski definition) is 1. The highest BCUT2D eigenvalue weighted by Gasteiger charge is 2.21. The normalized spacial score (nSPS) is 12.0. The van der Waals surface area contributed by atoms with Gasteiger partial charge in [-0.2, -0.15) is 0 Å². The highest BCUT2D eigenvalue weighted by Crippen LogP contribution is 2.38. The number of anilines is 1. The van der Waals surface area contributed by atoms with Crippen LogP contribution in [0.4, 0.5) is 5.13 Å². The molecule has 4 rings (SSSR count). The largest absolute Gasteiger partial charge is 0.465 e. The third-order valence-electron chi connectivity index (χ3n) is 4.38. The van der Waals surface area contributed by atoms with E-state index in [-0.39, 0.29) is 5.91 Å². The zero-order valence-corrected chi connectivity index (χ0v) is 14.9. The zero-order valence-electron chi connectivity index (χ0n) is 14.1. The summed E-state index contributed by atoms with van der Waals surface area (Å²) >= 11 is 1.52. The Hall–Kier alpha value is -2.99. The lowest BCUT2D eigenvalue weighted by Gasteiger charge is -2.13. The summed E-state index contributed by atoms with van der Waals surface area (Å²) < 4.78 is 4.66. The summed E-state index contributed by atoms with van der Waals surface area (Å²) in [5.74, 6) is -0.677. The molecule has 130 valence electrons. The Morgan fingerprint density at radius 2 is 1.77 bits per heavy atom. The molecule has 2 aromatic carbocycles. The van der Waals surface area contributed by atoms with Crippen LogP contribution in [0, 0.1) is 0 Å². The number of methoxy groups -OCH3 is 1. The minimum atomic E-state index is -0.428. The van der Waals surface area contributed by atoms with Crippen LogP contribution in [0.15, 0.2) is 48.5 Å². The van der Waals surface area contributed by atoms with Crippen molar-refractivity contribution in [3.63, 3.8) is 0 Å². The maximum atomic E-state index is 12.5. The highest BCUT2D eigenvalue weighted by atomic mass is 32.1. The molecule has 0 unspecified atom stereocenters. The van der Waals surface area contributed by atoms with E-state index in [4.69, 9.17) is 0 Å². The van der Waals surface area contributed by atoms with Crippen LogP contribution < -0.4 is 5.32 Å². The molecule has 0 spiro atoms. The molecule has 1 aliphatic rings. The molecule has 0 aliphatic heterocycles. The fourth-order valence-corrected chi connectivity index (χ4v) is 4.02. The Morgan fingerprint density at radius 1 is 1.04 bits per heavy atom. The van der Waals surface area contributed by atoms with E-state index in [0.29, 0.717) is 16.3 Å². The molecule has 3 aromatic rings. The van der Waals surface area contributed by atoms with Crippen LogP contribution in [0.5, 0.6) is 0 Å². The smallest absolute Gasteiger partial charge is 0.337 e. The number of carbonyl (C=O) groups excluding carboxylic acids is 2. The van der Waals surface area contributed by atoms with Gasteiger partial charge in [-0.15, -0.1) is 11.3 Å². The lowest BCUT2D eigenvalue weighted by Crippen LogP contribution is -2.12. The van der Waals surface area contributed by atoms with Crippen LogP contribution in [-0.2, 0) is 17.6 Å². The molecule has 0 bridgehead atoms. The molecule has 0 atom stereocenters. The van der Waals surface area contributed by atoms with Crippen molar-refractivity contribution in [1.29, 1.82) is 0 Å². The number of nitrogens with zero attached hydrogens (tertiary/aromatic N) is 1. The molecule has 5 nitrogen and oxygen atoms in total. The van der Waals surface area contributed by atoms with Crippen molar-refractivity contribution in [1.82, 2.24) is 4.98 Å². The van der Waals surface area contributed by atoms with E-state index >= 15 is 0 Å². The quantitative estimate of drug-likeness (QED) is 0.715. The fraction of sp³-hybridized carbons (Fsp3) is 0.150. The van der Waals surface area contributed by atoms with Crippen LogP contribution in [0.1, 0.15) is 31.2 Å². The lowest BCUT2D eigenvalue weighted by atomic mass is 9.94. The number of carbonyl (C=O) groups is 2. The zero-order chi connectivity index (χ0) is 18.1. The summed E-state index contributed by atoms with van der Waals surface area (Å²) in [5.41, 5.74) is 4.28. The standard InChI is InChI=1S/C20H16N2O3S/c1-25-19(24)14-8-6-13(7-9-14)18(23)22-20-21-17-15-5-3-2-4-12(15)10-11-16(17)26-20/h2-9H,10-11H2,1H3,(H,21,22,23). The molecule has 1 aliphatic carbocycles. The van der Waals surface area contributed by atoms with Crippen molar-refractivity contribution in [2.45, 2.75) is 12.8 Å². The van der Waals surface area contributed by atoms with Crippen LogP contribution in [0.25, 0.3) is 11.3 Å². The van der Waals surface area contributed by atoms with Crippen molar-refractivity contribution in [2.24, 2.45) is 0 Å². The van der Waals surface area contributed by atoms with Crippen LogP contribution in [0.3, 0.4) is 0 Å². The summed E-state index contributed by atoms with van der Waals surface area (Å²) in [7, 11) is 1.32. The number of rotatable bonds is 3. The van der Waals surface area contributed by atoms with Gasteiger partial charge >= 0.3 is 5.97 Å². The van der Waals surface area contributed by atoms with Crippen molar-refractivity contribution in [3.05, 3.63) is 70.1 Å². The number of hydrogen-bond acceptors (Lipinski definition) is 5. The minimum absolute atomic E-state index is 0.249. The van der Waals surface area contributed by atoms with Gasteiger partial charge in [0.1, 0.15) is 0 Å². The van der Waals surface area contributed by atoms with Gasteiger partial charge in [0.15, 0.2) is 5.13 Å². The second kappa shape index (κ2) is 6.72. The van der Waals surface area contributed by atoms with Gasteiger partial charge in [0.05, 0.1) is 18.4 Å². The first-order chi connectivity index (χ1) is 12.7. The number of esters is 1. The van der Waals surface area contributed by atoms with Crippen molar-refractivity contribution in [3.8, 4) is 11.3 Å². The second-order valence-corrected chi connectivity index (χ2v) is 7.05. The average Bonchev–Trinajstić information content (AvgIpc) is 3.10. The van der Waals surface area contributed by atoms with E-state index in [0.717, 1.165) is 24.1 Å². The number of ether oxygens (including phenoxy) is 1. The maximum absolute atomic E-state index is 12.5. The monoisotopic (exact) mass is 364 g/mol. The van der Waals surface area contributed by atoms with Crippen LogP contribution in [-0.4, -0.2) is 24.0 Å². The Morgan fingerprint density at radius 3 is 2.54 bits per heavy atom. The molecule has 0 saturated heterocycles. The van der Waals surface area contributed by atoms with Gasteiger partial charge in [-0.05, 0) is 42.7 Å². The molecule has 1 aromatic heterocycles. The van der Waals surface area contributed by atoms with E-state index in [1.165, 1.54) is 28.9 Å². The Labute approximate surface area is 154 Å². The lowest BCUT2D eigenvalue weighted by molar-refractivity contribution is 0.0600. The van der Waals surface area contributed by atoms with Gasteiger partial charge in [-0.25, -0.2) is 9.78 Å². The number of amides is 1. The van der Waals surface area contributed by atoms with Gasteiger partial charge in [0.2, 0.25) is 0 Å². The molecule has 0 fully saturated rings. The topological polar surface area (TPSA) is 68.3 Å². The number of aryl methyl sites for hydroxylation is 2. The van der Waals surface area contributed by atoms with E-state index in [2.05, 4.69) is 27.2 Å². The third-order valence-corrected chi connectivity index (χ3v) is 5.41. The van der Waals surface area contributed by atoms with Gasteiger partial charge in [0, 0.05) is 16.0 Å². The maximum Gasteiger partial charge on any atom is 0.337 e. The summed E-state index contributed by atoms with van der Waals surface area (Å²) in [4.78, 5) is 29.8. The van der Waals surface area contributed by atoms with Crippen LogP contribution >= 0.6 is 11.3 Å². The molecular formula is C20H16N2O3S. The fourth-order valence-electron chi connectivity index (χ4n) is 3.05. The first kappa shape index (κ1) is 16.5. The molecule has 0 radical (unpaired) electrons. The average molecular weight is 364 g/mol. The molecule has 1 amide bonds. The molecule has 0 saturated carbocycles. The number of benzene rings is 2. The van der Waals surface area contributed by atoms with Gasteiger partial charge in [-0.3, -0.25) is 10.1 Å². The van der Waals surface area contributed by atoms with Gasteiger partial charge in [-0.1, -0.05) is 24.3 Å². The number of fused-ring (bicyclic) bond motifs is 3. The second-order valence-electron chi connectivity index (χ2n) is 5.97. The predicted octanol–water partition coefficient (Wildman–Crippen LogP) is 3.95. The Balaban J connectivity index is 1.55. The Kier molecular flexibility index (Phi) is 4.26. The van der Waals surface area contributed by atoms with E-state index in [1.54, 1.807) is 24.3 Å². The van der Waals surface area contributed by atoms with Crippen molar-refractivity contribution >= 4 is 28.3 Å². The van der Waals surface area contributed by atoms with E-state index in [9.17, 15) is 9.59 Å². The first-order valence-electron chi connectivity index (χ1n) is 8.23. The third kappa shape index (κ3) is 2.99.